The molecule has 12 rings (SSSR count). The predicted molar refractivity (Wildman–Crippen MR) is 251 cm³/mol. The first-order chi connectivity index (χ1) is 28.7. The Hall–Kier alpha value is -7.54. The maximum Gasteiger partial charge on any atom is -0.00990 e. The number of fused-ring (bicyclic) bond motifs is 10. The fourth-order valence-corrected chi connectivity index (χ4v) is 9.29. The molecule has 0 heterocycles. The highest BCUT2D eigenvalue weighted by atomic mass is 14.1. The molecule has 12 aromatic rings. The summed E-state index contributed by atoms with van der Waals surface area (Å²) in [7, 11) is 0. The summed E-state index contributed by atoms with van der Waals surface area (Å²) < 4.78 is 0. The predicted octanol–water partition coefficient (Wildman–Crippen LogP) is 16.4. The average Bonchev–Trinajstić information content (AvgIpc) is 3.30. The van der Waals surface area contributed by atoms with Gasteiger partial charge >= 0.3 is 0 Å². The smallest absolute Gasteiger partial charge is 0.00990 e. The third-order valence-electron chi connectivity index (χ3n) is 12.4. The molecule has 0 bridgehead atoms. The minimum Gasteiger partial charge on any atom is -0.0616 e. The second kappa shape index (κ2) is 13.0. The van der Waals surface area contributed by atoms with E-state index < -0.39 is 0 Å². The van der Waals surface area contributed by atoms with E-state index in [1.165, 1.54) is 120 Å². The normalized spacial score (nSPS) is 11.8. The van der Waals surface area contributed by atoms with Crippen LogP contribution in [-0.2, 0) is 0 Å². The second-order valence-corrected chi connectivity index (χ2v) is 15.7. The van der Waals surface area contributed by atoms with Gasteiger partial charge in [0.05, 0.1) is 0 Å². The van der Waals surface area contributed by atoms with Crippen molar-refractivity contribution >= 4 is 75.4 Å². The summed E-state index contributed by atoms with van der Waals surface area (Å²) in [6.45, 7) is 0. The first-order valence-corrected chi connectivity index (χ1v) is 20.1. The SMILES string of the molecule is c1cc(-c2ccc3c(ccc4ccccc43)c2)cc(-c2ccc3c(ccc4c5ccc(-c6ccc7cc(-c8ccc9ccccc9c8)ccc7c6)cc5ccc34)c2)c1. The van der Waals surface area contributed by atoms with Crippen molar-refractivity contribution in [1.82, 2.24) is 0 Å². The van der Waals surface area contributed by atoms with E-state index in [9.17, 15) is 0 Å². The lowest BCUT2D eigenvalue weighted by Crippen LogP contribution is -1.86. The van der Waals surface area contributed by atoms with Crippen molar-refractivity contribution in [2.24, 2.45) is 0 Å². The van der Waals surface area contributed by atoms with Gasteiger partial charge in [-0.15, -0.1) is 0 Å². The fraction of sp³-hybridized carbons (Fsp3) is 0. The highest BCUT2D eigenvalue weighted by Crippen LogP contribution is 2.38. The monoisotopic (exact) mass is 732 g/mol. The molecule has 0 atom stereocenters. The van der Waals surface area contributed by atoms with Crippen LogP contribution in [0.2, 0.25) is 0 Å². The van der Waals surface area contributed by atoms with Gasteiger partial charge in [-0.05, 0) is 162 Å². The molecular formula is C58H36. The summed E-state index contributed by atoms with van der Waals surface area (Å²) in [5.41, 5.74) is 9.87. The van der Waals surface area contributed by atoms with E-state index in [2.05, 4.69) is 218 Å². The number of rotatable bonds is 4. The van der Waals surface area contributed by atoms with Crippen molar-refractivity contribution in [3.05, 3.63) is 218 Å². The molecule has 0 heteroatoms. The molecule has 58 heavy (non-hydrogen) atoms. The van der Waals surface area contributed by atoms with Crippen LogP contribution >= 0.6 is 0 Å². The van der Waals surface area contributed by atoms with Crippen LogP contribution < -0.4 is 0 Å². The van der Waals surface area contributed by atoms with Crippen molar-refractivity contribution in [3.8, 4) is 44.5 Å². The molecule has 0 amide bonds. The lowest BCUT2D eigenvalue weighted by molar-refractivity contribution is 1.62. The molecule has 0 fully saturated rings. The largest absolute Gasteiger partial charge is 0.0616 e. The number of hydrogen-bond donors (Lipinski definition) is 0. The van der Waals surface area contributed by atoms with E-state index >= 15 is 0 Å². The molecule has 0 aliphatic carbocycles. The standard InChI is InChI=1S/C58H36/c1-2-8-39-30-42(14-12-37(39)6-1)43-15-16-45-33-46(18-17-44(45)32-43)49-22-27-56-52(36-49)24-29-57-55-26-21-48(35-51(55)23-28-58(56)57)41-10-5-9-40(31-41)47-20-25-54-50(34-47)19-13-38-7-3-4-11-53(38)54/h1-36H. The van der Waals surface area contributed by atoms with Gasteiger partial charge in [0.2, 0.25) is 0 Å². The van der Waals surface area contributed by atoms with E-state index in [-0.39, 0.29) is 0 Å². The lowest BCUT2D eigenvalue weighted by Gasteiger charge is -2.12. The van der Waals surface area contributed by atoms with Crippen molar-refractivity contribution in [2.75, 3.05) is 0 Å². The van der Waals surface area contributed by atoms with Gasteiger partial charge in [-0.1, -0.05) is 176 Å². The summed E-state index contributed by atoms with van der Waals surface area (Å²) in [5.74, 6) is 0. The van der Waals surface area contributed by atoms with Crippen LogP contribution in [0.3, 0.4) is 0 Å². The molecule has 0 aromatic heterocycles. The van der Waals surface area contributed by atoms with Gasteiger partial charge in [-0.2, -0.15) is 0 Å². The van der Waals surface area contributed by atoms with E-state index in [0.717, 1.165) is 0 Å². The molecule has 0 saturated heterocycles. The summed E-state index contributed by atoms with van der Waals surface area (Å²) in [5, 5.41) is 17.8. The van der Waals surface area contributed by atoms with Crippen LogP contribution in [0.4, 0.5) is 0 Å². The van der Waals surface area contributed by atoms with Gasteiger partial charge in [-0.3, -0.25) is 0 Å². The molecule has 0 aliphatic rings. The third-order valence-corrected chi connectivity index (χ3v) is 12.4. The zero-order valence-corrected chi connectivity index (χ0v) is 31.8. The quantitative estimate of drug-likeness (QED) is 0.158. The summed E-state index contributed by atoms with van der Waals surface area (Å²) in [6, 6.07) is 81.0. The van der Waals surface area contributed by atoms with Gasteiger partial charge in [0.15, 0.2) is 0 Å². The molecule has 0 radical (unpaired) electrons. The fourth-order valence-electron chi connectivity index (χ4n) is 9.29. The Morgan fingerprint density at radius 2 is 0.431 bits per heavy atom. The van der Waals surface area contributed by atoms with Crippen LogP contribution in [0.15, 0.2) is 218 Å². The zero-order chi connectivity index (χ0) is 38.2. The average molecular weight is 733 g/mol. The molecule has 0 aliphatic heterocycles. The minimum absolute atomic E-state index is 1.23. The topological polar surface area (TPSA) is 0 Å². The Balaban J connectivity index is 0.848. The van der Waals surface area contributed by atoms with Gasteiger partial charge in [0, 0.05) is 0 Å². The molecule has 0 unspecified atom stereocenters. The van der Waals surface area contributed by atoms with Crippen LogP contribution in [0.1, 0.15) is 0 Å². The van der Waals surface area contributed by atoms with Gasteiger partial charge in [0.1, 0.15) is 0 Å². The highest BCUT2D eigenvalue weighted by Gasteiger charge is 2.11. The van der Waals surface area contributed by atoms with Gasteiger partial charge in [-0.25, -0.2) is 0 Å². The van der Waals surface area contributed by atoms with Crippen molar-refractivity contribution in [3.63, 3.8) is 0 Å². The van der Waals surface area contributed by atoms with E-state index in [1.807, 2.05) is 0 Å². The third kappa shape index (κ3) is 5.45. The number of hydrogen-bond acceptors (Lipinski definition) is 0. The van der Waals surface area contributed by atoms with Crippen molar-refractivity contribution < 1.29 is 0 Å². The molecular weight excluding hydrogens is 697 g/mol. The van der Waals surface area contributed by atoms with Crippen molar-refractivity contribution in [1.29, 1.82) is 0 Å². The zero-order valence-electron chi connectivity index (χ0n) is 31.8. The van der Waals surface area contributed by atoms with Crippen LogP contribution in [0.5, 0.6) is 0 Å². The molecule has 0 spiro atoms. The number of benzene rings is 12. The minimum atomic E-state index is 1.23. The first-order valence-electron chi connectivity index (χ1n) is 20.1. The molecule has 0 N–H and O–H groups in total. The molecule has 0 saturated carbocycles. The molecule has 268 valence electrons. The Labute approximate surface area is 336 Å². The van der Waals surface area contributed by atoms with Crippen LogP contribution in [0, 0.1) is 0 Å². The van der Waals surface area contributed by atoms with Crippen LogP contribution in [0.25, 0.3) is 120 Å². The Morgan fingerprint density at radius 3 is 0.966 bits per heavy atom. The maximum atomic E-state index is 2.35. The van der Waals surface area contributed by atoms with E-state index in [4.69, 9.17) is 0 Å². The summed E-state index contributed by atoms with van der Waals surface area (Å²) >= 11 is 0. The maximum absolute atomic E-state index is 2.35. The molecule has 0 nitrogen and oxygen atoms in total. The van der Waals surface area contributed by atoms with Gasteiger partial charge in [0.25, 0.3) is 0 Å². The Kier molecular flexibility index (Phi) is 7.33. The van der Waals surface area contributed by atoms with Gasteiger partial charge < -0.3 is 0 Å². The first kappa shape index (κ1) is 32.7. The summed E-state index contributed by atoms with van der Waals surface area (Å²) in [6.07, 6.45) is 0. The lowest BCUT2D eigenvalue weighted by atomic mass is 9.92. The summed E-state index contributed by atoms with van der Waals surface area (Å²) in [4.78, 5) is 0. The highest BCUT2D eigenvalue weighted by molar-refractivity contribution is 6.18. The Morgan fingerprint density at radius 1 is 0.138 bits per heavy atom. The Bertz CT molecular complexity index is 3620. The second-order valence-electron chi connectivity index (χ2n) is 15.7. The van der Waals surface area contributed by atoms with E-state index in [1.54, 1.807) is 0 Å². The molecule has 12 aromatic carbocycles. The van der Waals surface area contributed by atoms with Crippen LogP contribution in [-0.4, -0.2) is 0 Å². The van der Waals surface area contributed by atoms with Crippen molar-refractivity contribution in [2.45, 2.75) is 0 Å². The van der Waals surface area contributed by atoms with E-state index in [0.29, 0.717) is 0 Å².